The molecule has 4 aromatic carbocycles. The molecule has 0 saturated carbocycles. The third-order valence-corrected chi connectivity index (χ3v) is 6.97. The van der Waals surface area contributed by atoms with Crippen LogP contribution in [-0.2, 0) is 18.8 Å². The SMILES string of the molecule is CCc1cc(OC(c2cc(C(F)(F)F)ccc2F)N(CC(O)c2ccc(C(F)(F)F)cc2)c2ccccc2)ccc1Cl. The van der Waals surface area contributed by atoms with Crippen LogP contribution < -0.4 is 9.64 Å². The summed E-state index contributed by atoms with van der Waals surface area (Å²) < 4.78 is 102. The van der Waals surface area contributed by atoms with Crippen LogP contribution in [0.5, 0.6) is 5.75 Å². The fraction of sp³-hybridized carbons (Fsp3) is 0.226. The van der Waals surface area contributed by atoms with E-state index in [4.69, 9.17) is 16.3 Å². The Labute approximate surface area is 242 Å². The number of halogens is 8. The van der Waals surface area contributed by atoms with Gasteiger partial charge in [-0.15, -0.1) is 0 Å². The third-order valence-electron chi connectivity index (χ3n) is 6.60. The van der Waals surface area contributed by atoms with Crippen LogP contribution in [0.1, 0.15) is 47.1 Å². The molecule has 42 heavy (non-hydrogen) atoms. The molecule has 4 aromatic rings. The van der Waals surface area contributed by atoms with Crippen molar-refractivity contribution < 1.29 is 40.6 Å². The van der Waals surface area contributed by atoms with Crippen molar-refractivity contribution in [2.45, 2.75) is 38.0 Å². The van der Waals surface area contributed by atoms with Gasteiger partial charge in [-0.2, -0.15) is 26.3 Å². The van der Waals surface area contributed by atoms with Gasteiger partial charge in [0.1, 0.15) is 11.6 Å². The number of nitrogens with zero attached hydrogens (tertiary/aromatic N) is 1. The summed E-state index contributed by atoms with van der Waals surface area (Å²) in [5.74, 6) is -0.828. The van der Waals surface area contributed by atoms with E-state index in [0.717, 1.165) is 24.3 Å². The van der Waals surface area contributed by atoms with Crippen LogP contribution in [0.4, 0.5) is 36.4 Å². The summed E-state index contributed by atoms with van der Waals surface area (Å²) in [6.45, 7) is 1.45. The van der Waals surface area contributed by atoms with Gasteiger partial charge in [0.15, 0.2) is 0 Å². The van der Waals surface area contributed by atoms with Crippen molar-refractivity contribution in [2.24, 2.45) is 0 Å². The zero-order valence-electron chi connectivity index (χ0n) is 22.1. The number of rotatable bonds is 9. The number of anilines is 1. The van der Waals surface area contributed by atoms with E-state index in [1.165, 1.54) is 11.0 Å². The van der Waals surface area contributed by atoms with E-state index < -0.39 is 47.2 Å². The summed E-state index contributed by atoms with van der Waals surface area (Å²) in [5.41, 5.74) is -1.38. The highest BCUT2D eigenvalue weighted by atomic mass is 35.5. The first-order chi connectivity index (χ1) is 19.8. The van der Waals surface area contributed by atoms with Crippen LogP contribution in [0.15, 0.2) is 91.0 Å². The fourth-order valence-electron chi connectivity index (χ4n) is 4.37. The molecule has 0 bridgehead atoms. The summed E-state index contributed by atoms with van der Waals surface area (Å²) in [7, 11) is 0. The Bertz CT molecular complexity index is 1490. The highest BCUT2D eigenvalue weighted by Crippen LogP contribution is 2.38. The number of para-hydroxylation sites is 1. The van der Waals surface area contributed by atoms with Crippen LogP contribution in [0.2, 0.25) is 5.02 Å². The Balaban J connectivity index is 1.83. The van der Waals surface area contributed by atoms with E-state index in [9.17, 15) is 31.4 Å². The molecule has 0 spiro atoms. The van der Waals surface area contributed by atoms with Crippen LogP contribution in [0.3, 0.4) is 0 Å². The van der Waals surface area contributed by atoms with Crippen molar-refractivity contribution in [3.63, 3.8) is 0 Å². The van der Waals surface area contributed by atoms with Crippen LogP contribution in [-0.4, -0.2) is 11.7 Å². The molecule has 0 aromatic heterocycles. The molecule has 0 aliphatic carbocycles. The maximum Gasteiger partial charge on any atom is 0.416 e. The minimum Gasteiger partial charge on any atom is -0.466 e. The van der Waals surface area contributed by atoms with Crippen molar-refractivity contribution >= 4 is 17.3 Å². The standard InChI is InChI=1S/C31H25ClF7NO2/c1-2-19-16-24(13-14-26(19)32)42-29(25-17-22(31(37,38)39)12-15-27(25)33)40(23-6-4-3-5-7-23)18-28(41)20-8-10-21(11-9-20)30(34,35)36/h3-17,28-29,41H,2,18H2,1H3. The predicted octanol–water partition coefficient (Wildman–Crippen LogP) is 9.40. The molecule has 11 heteroatoms. The lowest BCUT2D eigenvalue weighted by molar-refractivity contribution is -0.138. The molecule has 222 valence electrons. The lowest BCUT2D eigenvalue weighted by atomic mass is 10.0. The number of alkyl halides is 6. The molecule has 0 aliphatic heterocycles. The van der Waals surface area contributed by atoms with Gasteiger partial charge in [0, 0.05) is 16.3 Å². The van der Waals surface area contributed by atoms with Crippen LogP contribution in [0.25, 0.3) is 0 Å². The average molecular weight is 612 g/mol. The number of aryl methyl sites for hydroxylation is 1. The van der Waals surface area contributed by atoms with Gasteiger partial charge in [-0.3, -0.25) is 0 Å². The molecule has 3 nitrogen and oxygen atoms in total. The fourth-order valence-corrected chi connectivity index (χ4v) is 4.62. The van der Waals surface area contributed by atoms with Crippen LogP contribution >= 0.6 is 11.6 Å². The number of ether oxygens (including phenoxy) is 1. The highest BCUT2D eigenvalue weighted by Gasteiger charge is 2.35. The number of benzene rings is 4. The predicted molar refractivity (Wildman–Crippen MR) is 146 cm³/mol. The van der Waals surface area contributed by atoms with E-state index >= 15 is 4.39 Å². The second-order valence-electron chi connectivity index (χ2n) is 9.43. The van der Waals surface area contributed by atoms with E-state index in [2.05, 4.69) is 0 Å². The van der Waals surface area contributed by atoms with Gasteiger partial charge in [0.05, 0.1) is 23.8 Å². The topological polar surface area (TPSA) is 32.7 Å². The molecule has 0 heterocycles. The van der Waals surface area contributed by atoms with Gasteiger partial charge in [0.25, 0.3) is 0 Å². The average Bonchev–Trinajstić information content (AvgIpc) is 2.95. The number of aliphatic hydroxyl groups is 1. The van der Waals surface area contributed by atoms with Gasteiger partial charge in [0.2, 0.25) is 6.23 Å². The van der Waals surface area contributed by atoms with Crippen molar-refractivity contribution in [1.29, 1.82) is 0 Å². The van der Waals surface area contributed by atoms with Crippen molar-refractivity contribution in [3.8, 4) is 5.75 Å². The van der Waals surface area contributed by atoms with Crippen molar-refractivity contribution in [3.05, 3.63) is 130 Å². The van der Waals surface area contributed by atoms with E-state index in [1.54, 1.807) is 42.5 Å². The summed E-state index contributed by atoms with van der Waals surface area (Å²) in [5, 5.41) is 11.5. The number of aliphatic hydroxyl groups excluding tert-OH is 1. The largest absolute Gasteiger partial charge is 0.466 e. The lowest BCUT2D eigenvalue weighted by Crippen LogP contribution is -2.37. The molecular formula is C31H25ClF7NO2. The Morgan fingerprint density at radius 1 is 0.810 bits per heavy atom. The van der Waals surface area contributed by atoms with Gasteiger partial charge in [-0.25, -0.2) is 4.39 Å². The minimum absolute atomic E-state index is 0.104. The smallest absolute Gasteiger partial charge is 0.416 e. The summed E-state index contributed by atoms with van der Waals surface area (Å²) in [4.78, 5) is 1.35. The normalized spacial score (nSPS) is 13.5. The van der Waals surface area contributed by atoms with Gasteiger partial charge < -0.3 is 14.7 Å². The van der Waals surface area contributed by atoms with Crippen molar-refractivity contribution in [2.75, 3.05) is 11.4 Å². The quantitative estimate of drug-likeness (QED) is 0.151. The lowest BCUT2D eigenvalue weighted by Gasteiger charge is -2.36. The summed E-state index contributed by atoms with van der Waals surface area (Å²) in [6, 6.07) is 18.5. The molecule has 2 atom stereocenters. The Morgan fingerprint density at radius 3 is 2.02 bits per heavy atom. The van der Waals surface area contributed by atoms with Gasteiger partial charge in [-0.1, -0.05) is 48.9 Å². The monoisotopic (exact) mass is 611 g/mol. The Hall–Kier alpha value is -3.76. The molecule has 2 unspecified atom stereocenters. The maximum atomic E-state index is 15.3. The molecule has 0 aliphatic rings. The molecule has 1 N–H and O–H groups in total. The highest BCUT2D eigenvalue weighted by molar-refractivity contribution is 6.31. The Morgan fingerprint density at radius 2 is 1.43 bits per heavy atom. The van der Waals surface area contributed by atoms with E-state index in [-0.39, 0.29) is 17.9 Å². The minimum atomic E-state index is -4.79. The third kappa shape index (κ3) is 7.35. The van der Waals surface area contributed by atoms with Gasteiger partial charge in [-0.05, 0) is 78.2 Å². The number of hydrogen-bond donors (Lipinski definition) is 1. The first-order valence-corrected chi connectivity index (χ1v) is 13.1. The molecule has 4 rings (SSSR count). The first-order valence-electron chi connectivity index (χ1n) is 12.8. The van der Waals surface area contributed by atoms with E-state index in [0.29, 0.717) is 40.9 Å². The van der Waals surface area contributed by atoms with Crippen LogP contribution in [0, 0.1) is 5.82 Å². The van der Waals surface area contributed by atoms with E-state index in [1.807, 2.05) is 6.92 Å². The first kappa shape index (κ1) is 31.2. The second kappa shape index (κ2) is 12.6. The zero-order valence-corrected chi connectivity index (χ0v) is 22.8. The molecular weight excluding hydrogens is 587 g/mol. The Kier molecular flexibility index (Phi) is 9.37. The molecule has 0 amide bonds. The van der Waals surface area contributed by atoms with Gasteiger partial charge >= 0.3 is 12.4 Å². The maximum absolute atomic E-state index is 15.3. The number of hydrogen-bond acceptors (Lipinski definition) is 3. The molecule has 0 radical (unpaired) electrons. The second-order valence-corrected chi connectivity index (χ2v) is 9.84. The molecule has 0 fully saturated rings. The molecule has 0 saturated heterocycles. The zero-order chi connectivity index (χ0) is 30.7. The van der Waals surface area contributed by atoms with Crippen molar-refractivity contribution in [1.82, 2.24) is 0 Å². The summed E-state index contributed by atoms with van der Waals surface area (Å²) in [6.07, 6.45) is -11.9. The summed E-state index contributed by atoms with van der Waals surface area (Å²) >= 11 is 6.23.